The van der Waals surface area contributed by atoms with Crippen LogP contribution in [0.25, 0.3) is 0 Å². The summed E-state index contributed by atoms with van der Waals surface area (Å²) in [6.07, 6.45) is 1.13. The summed E-state index contributed by atoms with van der Waals surface area (Å²) in [5.74, 6) is 0.787. The summed E-state index contributed by atoms with van der Waals surface area (Å²) in [7, 11) is 1.74. The van der Waals surface area contributed by atoms with Gasteiger partial charge in [0, 0.05) is 19.2 Å². The number of rotatable bonds is 5. The second-order valence-electron chi connectivity index (χ2n) is 5.01. The zero-order chi connectivity index (χ0) is 13.0. The lowest BCUT2D eigenvalue weighted by molar-refractivity contribution is 0.0852. The second kappa shape index (κ2) is 6.12. The molecule has 1 aliphatic rings. The van der Waals surface area contributed by atoms with Crippen LogP contribution in [0.15, 0.2) is 30.3 Å². The Labute approximate surface area is 109 Å². The topological polar surface area (TPSA) is 29.5 Å². The molecule has 2 atom stereocenters. The van der Waals surface area contributed by atoms with E-state index in [-0.39, 0.29) is 11.8 Å². The summed E-state index contributed by atoms with van der Waals surface area (Å²) < 4.78 is 5.19. The van der Waals surface area contributed by atoms with Crippen molar-refractivity contribution in [2.45, 2.75) is 19.4 Å². The van der Waals surface area contributed by atoms with E-state index >= 15 is 0 Å². The number of ketones is 1. The number of hydrogen-bond acceptors (Lipinski definition) is 3. The van der Waals surface area contributed by atoms with Crippen LogP contribution in [0.5, 0.6) is 0 Å². The standard InChI is InChI=1S/C15H21NO2/c1-12(15(17)14-6-4-3-5-7-14)16-9-8-13(10-16)11-18-2/h3-7,12-13H,8-11H2,1-2H3. The first-order valence-corrected chi connectivity index (χ1v) is 6.54. The van der Waals surface area contributed by atoms with E-state index in [1.165, 1.54) is 0 Å². The summed E-state index contributed by atoms with van der Waals surface area (Å²) in [6.45, 7) is 4.76. The Bertz CT molecular complexity index is 391. The minimum absolute atomic E-state index is 0.0331. The molecule has 0 aliphatic carbocycles. The van der Waals surface area contributed by atoms with E-state index in [2.05, 4.69) is 4.90 Å². The summed E-state index contributed by atoms with van der Waals surface area (Å²) in [6, 6.07) is 9.51. The smallest absolute Gasteiger partial charge is 0.179 e. The molecule has 0 bridgehead atoms. The third-order valence-electron chi connectivity index (χ3n) is 3.71. The van der Waals surface area contributed by atoms with Crippen molar-refractivity contribution >= 4 is 5.78 Å². The molecule has 2 rings (SSSR count). The zero-order valence-corrected chi connectivity index (χ0v) is 11.1. The number of nitrogens with zero attached hydrogens (tertiary/aromatic N) is 1. The van der Waals surface area contributed by atoms with Gasteiger partial charge in [0.15, 0.2) is 5.78 Å². The zero-order valence-electron chi connectivity index (χ0n) is 11.1. The molecule has 98 valence electrons. The van der Waals surface area contributed by atoms with E-state index in [0.29, 0.717) is 5.92 Å². The molecule has 1 heterocycles. The van der Waals surface area contributed by atoms with Crippen LogP contribution in [0.1, 0.15) is 23.7 Å². The highest BCUT2D eigenvalue weighted by molar-refractivity contribution is 5.99. The van der Waals surface area contributed by atoms with Crippen molar-refractivity contribution in [2.24, 2.45) is 5.92 Å². The SMILES string of the molecule is COCC1CCN(C(C)C(=O)c2ccccc2)C1. The fraction of sp³-hybridized carbons (Fsp3) is 0.533. The molecule has 3 nitrogen and oxygen atoms in total. The number of likely N-dealkylation sites (tertiary alicyclic amines) is 1. The summed E-state index contributed by atoms with van der Waals surface area (Å²) in [4.78, 5) is 14.6. The summed E-state index contributed by atoms with van der Waals surface area (Å²) in [5.41, 5.74) is 0.806. The first-order valence-electron chi connectivity index (χ1n) is 6.54. The molecule has 0 saturated carbocycles. The van der Waals surface area contributed by atoms with Gasteiger partial charge in [-0.2, -0.15) is 0 Å². The number of Topliss-reactive ketones (excluding diaryl/α,β-unsaturated/α-hetero) is 1. The highest BCUT2D eigenvalue weighted by Gasteiger charge is 2.29. The third kappa shape index (κ3) is 2.98. The Morgan fingerprint density at radius 2 is 2.17 bits per heavy atom. The predicted octanol–water partition coefficient (Wildman–Crippen LogP) is 2.23. The third-order valence-corrected chi connectivity index (χ3v) is 3.71. The molecule has 1 saturated heterocycles. The molecule has 0 radical (unpaired) electrons. The minimum atomic E-state index is -0.0331. The molecule has 0 N–H and O–H groups in total. The van der Waals surface area contributed by atoms with Crippen LogP contribution < -0.4 is 0 Å². The maximum Gasteiger partial charge on any atom is 0.179 e. The summed E-state index contributed by atoms with van der Waals surface area (Å²) >= 11 is 0. The van der Waals surface area contributed by atoms with Gasteiger partial charge in [0.25, 0.3) is 0 Å². The highest BCUT2D eigenvalue weighted by Crippen LogP contribution is 2.20. The largest absolute Gasteiger partial charge is 0.384 e. The van der Waals surface area contributed by atoms with Crippen LogP contribution in [-0.2, 0) is 4.74 Å². The number of carbonyl (C=O) groups is 1. The fourth-order valence-electron chi connectivity index (χ4n) is 2.60. The molecule has 3 heteroatoms. The van der Waals surface area contributed by atoms with Crippen molar-refractivity contribution in [3.05, 3.63) is 35.9 Å². The fourth-order valence-corrected chi connectivity index (χ4v) is 2.60. The van der Waals surface area contributed by atoms with Gasteiger partial charge in [0.05, 0.1) is 12.6 Å². The van der Waals surface area contributed by atoms with Gasteiger partial charge in [-0.3, -0.25) is 9.69 Å². The van der Waals surface area contributed by atoms with Crippen molar-refractivity contribution < 1.29 is 9.53 Å². The Kier molecular flexibility index (Phi) is 4.50. The van der Waals surface area contributed by atoms with E-state index in [4.69, 9.17) is 4.74 Å². The lowest BCUT2D eigenvalue weighted by Crippen LogP contribution is -2.37. The number of methoxy groups -OCH3 is 1. The van der Waals surface area contributed by atoms with Crippen LogP contribution in [0.3, 0.4) is 0 Å². The molecule has 18 heavy (non-hydrogen) atoms. The first kappa shape index (κ1) is 13.2. The van der Waals surface area contributed by atoms with Crippen LogP contribution in [-0.4, -0.2) is 43.5 Å². The van der Waals surface area contributed by atoms with Crippen molar-refractivity contribution in [1.29, 1.82) is 0 Å². The van der Waals surface area contributed by atoms with E-state index in [9.17, 15) is 4.79 Å². The molecule has 1 fully saturated rings. The van der Waals surface area contributed by atoms with Gasteiger partial charge in [0.1, 0.15) is 0 Å². The molecule has 1 aromatic rings. The monoisotopic (exact) mass is 247 g/mol. The molecular weight excluding hydrogens is 226 g/mol. The number of carbonyl (C=O) groups excluding carboxylic acids is 1. The molecule has 1 aromatic carbocycles. The van der Waals surface area contributed by atoms with Crippen LogP contribution >= 0.6 is 0 Å². The van der Waals surface area contributed by atoms with Gasteiger partial charge >= 0.3 is 0 Å². The van der Waals surface area contributed by atoms with Gasteiger partial charge in [0.2, 0.25) is 0 Å². The number of ether oxygens (including phenoxy) is 1. The highest BCUT2D eigenvalue weighted by atomic mass is 16.5. The minimum Gasteiger partial charge on any atom is -0.384 e. The molecule has 0 spiro atoms. The van der Waals surface area contributed by atoms with Gasteiger partial charge in [-0.15, -0.1) is 0 Å². The van der Waals surface area contributed by atoms with E-state index in [1.807, 2.05) is 37.3 Å². The molecule has 1 aliphatic heterocycles. The Morgan fingerprint density at radius 1 is 1.44 bits per heavy atom. The van der Waals surface area contributed by atoms with E-state index in [0.717, 1.165) is 31.7 Å². The van der Waals surface area contributed by atoms with Crippen LogP contribution in [0.2, 0.25) is 0 Å². The van der Waals surface area contributed by atoms with E-state index in [1.54, 1.807) is 7.11 Å². The molecular formula is C15H21NO2. The Morgan fingerprint density at radius 3 is 2.83 bits per heavy atom. The lowest BCUT2D eigenvalue weighted by Gasteiger charge is -2.23. The predicted molar refractivity (Wildman–Crippen MR) is 71.8 cm³/mol. The van der Waals surface area contributed by atoms with Gasteiger partial charge in [-0.1, -0.05) is 30.3 Å². The summed E-state index contributed by atoms with van der Waals surface area (Å²) in [5, 5.41) is 0. The first-order chi connectivity index (χ1) is 8.72. The average molecular weight is 247 g/mol. The van der Waals surface area contributed by atoms with Crippen molar-refractivity contribution in [1.82, 2.24) is 4.90 Å². The van der Waals surface area contributed by atoms with Gasteiger partial charge in [-0.25, -0.2) is 0 Å². The maximum absolute atomic E-state index is 12.3. The van der Waals surface area contributed by atoms with E-state index < -0.39 is 0 Å². The molecule has 0 amide bonds. The number of benzene rings is 1. The van der Waals surface area contributed by atoms with Crippen LogP contribution in [0, 0.1) is 5.92 Å². The van der Waals surface area contributed by atoms with Crippen molar-refractivity contribution in [2.75, 3.05) is 26.8 Å². The van der Waals surface area contributed by atoms with Crippen LogP contribution in [0.4, 0.5) is 0 Å². The van der Waals surface area contributed by atoms with Crippen molar-refractivity contribution in [3.63, 3.8) is 0 Å². The quantitative estimate of drug-likeness (QED) is 0.747. The molecule has 0 aromatic heterocycles. The van der Waals surface area contributed by atoms with Crippen molar-refractivity contribution in [3.8, 4) is 0 Å². The van der Waals surface area contributed by atoms with Gasteiger partial charge in [-0.05, 0) is 25.8 Å². The maximum atomic E-state index is 12.3. The lowest BCUT2D eigenvalue weighted by atomic mass is 10.0. The van der Waals surface area contributed by atoms with Gasteiger partial charge < -0.3 is 4.74 Å². The Hall–Kier alpha value is -1.19. The average Bonchev–Trinajstić information content (AvgIpc) is 2.87. The number of hydrogen-bond donors (Lipinski definition) is 0. The second-order valence-corrected chi connectivity index (χ2v) is 5.01. The Balaban J connectivity index is 1.96. The normalized spacial score (nSPS) is 22.0. The molecule has 2 unspecified atom stereocenters.